The maximum Gasteiger partial charge on any atom is 0.150 e. The topological polar surface area (TPSA) is 83.5 Å². The van der Waals surface area contributed by atoms with Crippen molar-refractivity contribution in [3.05, 3.63) is 94.6 Å². The Morgan fingerprint density at radius 3 is 2.10 bits per heavy atom. The number of hydrogen-bond donors (Lipinski definition) is 0. The average Bonchev–Trinajstić information content (AvgIpc) is 2.96. The maximum atomic E-state index is 12.1. The first-order valence-electron chi connectivity index (χ1n) is 13.5. The lowest BCUT2D eigenvalue weighted by molar-refractivity contribution is -0.104. The minimum Gasteiger partial charge on any atom is -0.496 e. The third kappa shape index (κ3) is 16.5. The van der Waals surface area contributed by atoms with Crippen molar-refractivity contribution in [3.63, 3.8) is 0 Å². The predicted molar refractivity (Wildman–Crippen MR) is 166 cm³/mol. The van der Waals surface area contributed by atoms with Crippen LogP contribution in [-0.2, 0) is 33.3 Å². The minimum atomic E-state index is 0.312. The van der Waals surface area contributed by atoms with Crippen LogP contribution in [0.2, 0.25) is 0 Å². The largest absolute Gasteiger partial charge is 0.496 e. The van der Waals surface area contributed by atoms with E-state index in [-0.39, 0.29) is 0 Å². The Bertz CT molecular complexity index is 1000. The van der Waals surface area contributed by atoms with Crippen molar-refractivity contribution in [1.29, 1.82) is 0 Å². The highest BCUT2D eigenvalue weighted by molar-refractivity contribution is 5.84. The molecule has 0 bridgehead atoms. The summed E-state index contributed by atoms with van der Waals surface area (Å²) in [5.41, 5.74) is 3.58. The van der Waals surface area contributed by atoms with Gasteiger partial charge in [0.25, 0.3) is 0 Å². The predicted octanol–water partition coefficient (Wildman–Crippen LogP) is 5.32. The molecule has 41 heavy (non-hydrogen) atoms. The van der Waals surface area contributed by atoms with Crippen molar-refractivity contribution in [1.82, 2.24) is 4.90 Å². The molecule has 0 aliphatic carbocycles. The lowest BCUT2D eigenvalue weighted by atomic mass is 9.99. The Labute approximate surface area is 247 Å². The molecule has 0 aromatic rings. The second-order valence-electron chi connectivity index (χ2n) is 9.13. The molecule has 0 radical (unpaired) electrons. The Hall–Kier alpha value is -3.30. The van der Waals surface area contributed by atoms with Crippen molar-refractivity contribution >= 4 is 12.6 Å². The van der Waals surface area contributed by atoms with Crippen LogP contribution in [0.1, 0.15) is 27.2 Å². The summed E-state index contributed by atoms with van der Waals surface area (Å²) in [7, 11) is 6.54. The summed E-state index contributed by atoms with van der Waals surface area (Å²) in [6.07, 6.45) is 15.7. The van der Waals surface area contributed by atoms with E-state index in [1.54, 1.807) is 46.7 Å². The number of hydrogen-bond acceptors (Lipinski definition) is 8. The highest BCUT2D eigenvalue weighted by atomic mass is 16.5. The normalized spacial score (nSPS) is 13.8. The van der Waals surface area contributed by atoms with Crippen LogP contribution < -0.4 is 0 Å². The van der Waals surface area contributed by atoms with Crippen LogP contribution in [0.5, 0.6) is 0 Å². The molecule has 0 unspecified atom stereocenters. The summed E-state index contributed by atoms with van der Waals surface area (Å²) < 4.78 is 27.7. The number of rotatable bonds is 23. The molecule has 0 rings (SSSR count). The van der Waals surface area contributed by atoms with E-state index >= 15 is 0 Å². The van der Waals surface area contributed by atoms with Crippen LogP contribution in [0.25, 0.3) is 0 Å². The van der Waals surface area contributed by atoms with Crippen LogP contribution in [0, 0.1) is 0 Å². The van der Waals surface area contributed by atoms with Gasteiger partial charge in [0.15, 0.2) is 0 Å². The third-order valence-corrected chi connectivity index (χ3v) is 5.76. The summed E-state index contributed by atoms with van der Waals surface area (Å²) in [4.78, 5) is 25.8. The van der Waals surface area contributed by atoms with Crippen LogP contribution in [0.15, 0.2) is 94.6 Å². The first-order valence-corrected chi connectivity index (χ1v) is 13.5. The zero-order chi connectivity index (χ0) is 30.9. The maximum absolute atomic E-state index is 12.1. The quantitative estimate of drug-likeness (QED) is 0.0536. The van der Waals surface area contributed by atoms with E-state index in [4.69, 9.17) is 23.7 Å². The van der Waals surface area contributed by atoms with Crippen molar-refractivity contribution in [2.75, 3.05) is 74.5 Å². The smallest absolute Gasteiger partial charge is 0.150 e. The van der Waals surface area contributed by atoms with Gasteiger partial charge in [-0.05, 0) is 63.1 Å². The van der Waals surface area contributed by atoms with E-state index in [2.05, 4.69) is 11.5 Å². The van der Waals surface area contributed by atoms with E-state index < -0.39 is 0 Å². The number of ether oxygens (including phenoxy) is 5. The minimum absolute atomic E-state index is 0.312. The van der Waals surface area contributed by atoms with Gasteiger partial charge in [-0.25, -0.2) is 0 Å². The standard InChI is InChI=1S/C33H49NO7/c1-9-12-32(40-8)28(10-2)23-30(25-36)29(15-19-35)13-11-14-33(41-20-16-27(3)4)31(26-39-7)24-34(17-21-37-5)18-22-38-6/h9-12,14-16,19,23,25H,2,13,17-18,20-22,24,26H2,1,3-8H3/b12-9-,14-11-,29-15+,30-23+,32-28-,33-31+. The molecule has 0 fully saturated rings. The molecule has 0 atom stereocenters. The highest BCUT2D eigenvalue weighted by Crippen LogP contribution is 2.20. The van der Waals surface area contributed by atoms with Crippen molar-refractivity contribution in [3.8, 4) is 0 Å². The number of carbonyl (C=O) groups is 2. The van der Waals surface area contributed by atoms with Gasteiger partial charge >= 0.3 is 0 Å². The molecule has 0 heterocycles. The van der Waals surface area contributed by atoms with Crippen molar-refractivity contribution in [2.45, 2.75) is 27.2 Å². The van der Waals surface area contributed by atoms with Gasteiger partial charge in [-0.15, -0.1) is 0 Å². The monoisotopic (exact) mass is 571 g/mol. The second kappa shape index (κ2) is 24.5. The molecule has 8 nitrogen and oxygen atoms in total. The molecule has 0 saturated carbocycles. The molecule has 228 valence electrons. The molecule has 0 aromatic heterocycles. The third-order valence-electron chi connectivity index (χ3n) is 5.76. The first kappa shape index (κ1) is 37.7. The summed E-state index contributed by atoms with van der Waals surface area (Å²) in [6, 6.07) is 0. The number of nitrogens with zero attached hydrogens (tertiary/aromatic N) is 1. The molecule has 8 heteroatoms. The number of allylic oxidation sites excluding steroid dienone is 11. The molecule has 0 aromatic carbocycles. The fraction of sp³-hybridized carbons (Fsp3) is 0.455. The second-order valence-corrected chi connectivity index (χ2v) is 9.13. The van der Waals surface area contributed by atoms with Gasteiger partial charge < -0.3 is 23.7 Å². The van der Waals surface area contributed by atoms with Gasteiger partial charge in [-0.3, -0.25) is 14.5 Å². The summed E-state index contributed by atoms with van der Waals surface area (Å²) in [5.74, 6) is 1.21. The van der Waals surface area contributed by atoms with Crippen LogP contribution in [-0.4, -0.2) is 92.0 Å². The molecule has 0 aliphatic rings. The van der Waals surface area contributed by atoms with Crippen molar-refractivity contribution < 1.29 is 33.3 Å². The molecule has 0 spiro atoms. The Morgan fingerprint density at radius 1 is 0.927 bits per heavy atom. The molecule has 0 N–H and O–H groups in total. The molecule has 0 amide bonds. The van der Waals surface area contributed by atoms with E-state index in [9.17, 15) is 9.59 Å². The zero-order valence-corrected chi connectivity index (χ0v) is 25.9. The highest BCUT2D eigenvalue weighted by Gasteiger charge is 2.13. The van der Waals surface area contributed by atoms with Gasteiger partial charge in [-0.1, -0.05) is 30.4 Å². The Kier molecular flexibility index (Phi) is 22.5. The summed E-state index contributed by atoms with van der Waals surface area (Å²) in [5, 5.41) is 0. The average molecular weight is 572 g/mol. The van der Waals surface area contributed by atoms with Gasteiger partial charge in [-0.2, -0.15) is 0 Å². The fourth-order valence-electron chi connectivity index (χ4n) is 3.61. The van der Waals surface area contributed by atoms with Crippen molar-refractivity contribution in [2.24, 2.45) is 0 Å². The van der Waals surface area contributed by atoms with Gasteiger partial charge in [0, 0.05) is 57.7 Å². The Balaban J connectivity index is 6.49. The van der Waals surface area contributed by atoms with Crippen LogP contribution >= 0.6 is 0 Å². The van der Waals surface area contributed by atoms with E-state index in [0.717, 1.165) is 17.4 Å². The summed E-state index contributed by atoms with van der Waals surface area (Å²) >= 11 is 0. The SMILES string of the molecule is C=CC(/C=C(C=O)/C(=C/C=O)C/C=C\C(OCC=C(C)C)=C(/COC)CN(CCOC)CCOC)=C(\C=C/C)OC. The number of aldehydes is 2. The van der Waals surface area contributed by atoms with Crippen LogP contribution in [0.4, 0.5) is 0 Å². The summed E-state index contributed by atoms with van der Waals surface area (Å²) in [6.45, 7) is 13.6. The van der Waals surface area contributed by atoms with E-state index in [0.29, 0.717) is 87.0 Å². The van der Waals surface area contributed by atoms with E-state index in [1.807, 2.05) is 45.1 Å². The van der Waals surface area contributed by atoms with Gasteiger partial charge in [0.1, 0.15) is 30.7 Å². The first-order chi connectivity index (χ1) is 19.8. The molecular weight excluding hydrogens is 522 g/mol. The fourth-order valence-corrected chi connectivity index (χ4v) is 3.61. The van der Waals surface area contributed by atoms with E-state index in [1.165, 1.54) is 6.08 Å². The lowest BCUT2D eigenvalue weighted by Gasteiger charge is -2.24. The molecule has 0 aliphatic heterocycles. The molecule has 0 saturated heterocycles. The van der Waals surface area contributed by atoms with Gasteiger partial charge in [0.2, 0.25) is 0 Å². The van der Waals surface area contributed by atoms with Gasteiger partial charge in [0.05, 0.1) is 26.9 Å². The molecular formula is C33H49NO7. The zero-order valence-electron chi connectivity index (χ0n) is 25.9. The van der Waals surface area contributed by atoms with Crippen LogP contribution in [0.3, 0.4) is 0 Å². The number of methoxy groups -OCH3 is 4. The Morgan fingerprint density at radius 2 is 1.61 bits per heavy atom. The lowest BCUT2D eigenvalue weighted by Crippen LogP contribution is -2.33. The number of carbonyl (C=O) groups excluding carboxylic acids is 2.